The second kappa shape index (κ2) is 7.26. The van der Waals surface area contributed by atoms with Crippen molar-refractivity contribution in [3.63, 3.8) is 0 Å². The Morgan fingerprint density at radius 1 is 1.19 bits per heavy atom. The zero-order chi connectivity index (χ0) is 18.9. The van der Waals surface area contributed by atoms with Gasteiger partial charge in [-0.2, -0.15) is 5.11 Å². The van der Waals surface area contributed by atoms with Gasteiger partial charge in [0.25, 0.3) is 0 Å². The van der Waals surface area contributed by atoms with Gasteiger partial charge in [0.2, 0.25) is 0 Å². The maximum Gasteiger partial charge on any atom is 0.178 e. The molecular weight excluding hydrogens is 364 g/mol. The SMILES string of the molecule is Nc1ccc2c(c1)N=C(N=NCc1cccc(Cl)c1)C1(CCOCC1)N2N. The molecule has 2 aromatic carbocycles. The lowest BCUT2D eigenvalue weighted by atomic mass is 9.86. The van der Waals surface area contributed by atoms with Crippen LogP contribution in [0.25, 0.3) is 0 Å². The van der Waals surface area contributed by atoms with Gasteiger partial charge in [-0.1, -0.05) is 23.7 Å². The molecule has 0 saturated carbocycles. The van der Waals surface area contributed by atoms with E-state index in [2.05, 4.69) is 10.2 Å². The van der Waals surface area contributed by atoms with E-state index in [9.17, 15) is 0 Å². The van der Waals surface area contributed by atoms with Crippen molar-refractivity contribution in [3.05, 3.63) is 53.1 Å². The van der Waals surface area contributed by atoms with Gasteiger partial charge in [0.15, 0.2) is 5.84 Å². The monoisotopic (exact) mass is 384 g/mol. The first-order valence-electron chi connectivity index (χ1n) is 8.82. The third-order valence-electron chi connectivity index (χ3n) is 4.99. The molecule has 4 N–H and O–H groups in total. The average molecular weight is 385 g/mol. The largest absolute Gasteiger partial charge is 0.399 e. The van der Waals surface area contributed by atoms with E-state index >= 15 is 0 Å². The highest BCUT2D eigenvalue weighted by atomic mass is 35.5. The van der Waals surface area contributed by atoms with Gasteiger partial charge in [-0.25, -0.2) is 10.8 Å². The van der Waals surface area contributed by atoms with Crippen LogP contribution in [0.2, 0.25) is 5.02 Å². The van der Waals surface area contributed by atoms with Gasteiger partial charge >= 0.3 is 0 Å². The van der Waals surface area contributed by atoms with Crippen molar-refractivity contribution in [1.82, 2.24) is 0 Å². The second-order valence-electron chi connectivity index (χ2n) is 6.73. The minimum Gasteiger partial charge on any atom is -0.399 e. The van der Waals surface area contributed by atoms with E-state index in [4.69, 9.17) is 32.9 Å². The van der Waals surface area contributed by atoms with Crippen LogP contribution in [0.1, 0.15) is 18.4 Å². The van der Waals surface area contributed by atoms with Gasteiger partial charge in [0.1, 0.15) is 5.54 Å². The molecule has 8 heteroatoms. The predicted molar refractivity (Wildman–Crippen MR) is 107 cm³/mol. The van der Waals surface area contributed by atoms with Crippen LogP contribution in [0.3, 0.4) is 0 Å². The van der Waals surface area contributed by atoms with Gasteiger partial charge in [-0.3, -0.25) is 5.01 Å². The number of benzene rings is 2. The first kappa shape index (κ1) is 17.9. The molecule has 0 atom stereocenters. The highest BCUT2D eigenvalue weighted by molar-refractivity contribution is 6.30. The fourth-order valence-corrected chi connectivity index (χ4v) is 3.71. The topological polar surface area (TPSA) is 102 Å². The molecule has 1 saturated heterocycles. The predicted octanol–water partition coefficient (Wildman–Crippen LogP) is 3.85. The summed E-state index contributed by atoms with van der Waals surface area (Å²) in [5.74, 6) is 7.13. The van der Waals surface area contributed by atoms with Gasteiger partial charge in [-0.05, 0) is 35.9 Å². The zero-order valence-electron chi connectivity index (χ0n) is 14.8. The highest BCUT2D eigenvalue weighted by Gasteiger charge is 2.46. The third kappa shape index (κ3) is 3.41. The maximum atomic E-state index is 6.54. The number of azo groups is 1. The van der Waals surface area contributed by atoms with Crippen molar-refractivity contribution in [2.45, 2.75) is 24.9 Å². The summed E-state index contributed by atoms with van der Waals surface area (Å²) in [6.07, 6.45) is 1.39. The average Bonchev–Trinajstić information content (AvgIpc) is 2.67. The number of hydrazine groups is 1. The standard InChI is InChI=1S/C19H21ClN6O/c20-14-3-1-2-13(10-14)12-23-25-18-19(6-8-27-9-7-19)26(22)17-5-4-15(21)11-16(17)24-18/h1-5,10-11H,6-9,12,21-22H2. The summed E-state index contributed by atoms with van der Waals surface area (Å²) < 4.78 is 5.54. The molecule has 27 heavy (non-hydrogen) atoms. The van der Waals surface area contributed by atoms with Crippen LogP contribution in [0.4, 0.5) is 17.1 Å². The summed E-state index contributed by atoms with van der Waals surface area (Å²) in [6.45, 7) is 1.61. The number of nitrogen functional groups attached to an aromatic ring is 1. The Labute approximate surface area is 162 Å². The molecule has 0 aliphatic carbocycles. The minimum absolute atomic E-state index is 0.417. The van der Waals surface area contributed by atoms with Crippen LogP contribution in [-0.4, -0.2) is 24.6 Å². The molecule has 0 aromatic heterocycles. The van der Waals surface area contributed by atoms with Gasteiger partial charge in [0.05, 0.1) is 17.9 Å². The molecule has 2 aliphatic heterocycles. The first-order valence-corrected chi connectivity index (χ1v) is 9.20. The Bertz CT molecular complexity index is 907. The molecule has 2 heterocycles. The normalized spacial score (nSPS) is 18.6. The second-order valence-corrected chi connectivity index (χ2v) is 7.16. The van der Waals surface area contributed by atoms with E-state index in [1.807, 2.05) is 36.4 Å². The fraction of sp³-hybridized carbons (Fsp3) is 0.316. The maximum absolute atomic E-state index is 6.54. The molecule has 0 radical (unpaired) electrons. The quantitative estimate of drug-likeness (QED) is 0.466. The number of halogens is 1. The first-order chi connectivity index (χ1) is 13.1. The van der Waals surface area contributed by atoms with E-state index in [0.29, 0.717) is 54.8 Å². The van der Waals surface area contributed by atoms with Crippen molar-refractivity contribution >= 4 is 34.5 Å². The molecule has 1 fully saturated rings. The van der Waals surface area contributed by atoms with Crippen LogP contribution in [0.5, 0.6) is 0 Å². The summed E-state index contributed by atoms with van der Waals surface area (Å²) in [5.41, 5.74) is 8.54. The molecule has 0 bridgehead atoms. The summed E-state index contributed by atoms with van der Waals surface area (Å²) in [7, 11) is 0. The van der Waals surface area contributed by atoms with Gasteiger partial charge < -0.3 is 10.5 Å². The number of fused-ring (bicyclic) bond motifs is 1. The summed E-state index contributed by atoms with van der Waals surface area (Å²) in [4.78, 5) is 4.76. The lowest BCUT2D eigenvalue weighted by Gasteiger charge is -2.46. The highest BCUT2D eigenvalue weighted by Crippen LogP contribution is 2.42. The Kier molecular flexibility index (Phi) is 4.82. The summed E-state index contributed by atoms with van der Waals surface area (Å²) >= 11 is 6.03. The molecule has 2 aliphatic rings. The molecule has 0 unspecified atom stereocenters. The minimum atomic E-state index is -0.529. The Morgan fingerprint density at radius 2 is 2.00 bits per heavy atom. The number of hydrogen-bond donors (Lipinski definition) is 2. The van der Waals surface area contributed by atoms with Crippen molar-refractivity contribution in [2.24, 2.45) is 21.1 Å². The number of nitrogens with zero attached hydrogens (tertiary/aromatic N) is 4. The molecular formula is C19H21ClN6O. The number of nitrogens with two attached hydrogens (primary N) is 2. The lowest BCUT2D eigenvalue weighted by molar-refractivity contribution is 0.0695. The molecule has 0 amide bonds. The van der Waals surface area contributed by atoms with Gasteiger partial charge in [-0.15, -0.1) is 5.11 Å². The van der Waals surface area contributed by atoms with E-state index in [1.165, 1.54) is 0 Å². The number of ether oxygens (including phenoxy) is 1. The Hall–Kier alpha value is -2.48. The van der Waals surface area contributed by atoms with Crippen LogP contribution < -0.4 is 16.6 Å². The van der Waals surface area contributed by atoms with E-state index < -0.39 is 5.54 Å². The number of hydrogen-bond acceptors (Lipinski definition) is 7. The fourth-order valence-electron chi connectivity index (χ4n) is 3.50. The van der Waals surface area contributed by atoms with Crippen LogP contribution in [0, 0.1) is 0 Å². The third-order valence-corrected chi connectivity index (χ3v) is 5.23. The molecule has 140 valence electrons. The van der Waals surface area contributed by atoms with Crippen molar-refractivity contribution in [3.8, 4) is 0 Å². The van der Waals surface area contributed by atoms with Crippen LogP contribution in [0.15, 0.2) is 57.7 Å². The number of rotatable bonds is 2. The Morgan fingerprint density at radius 3 is 2.78 bits per heavy atom. The molecule has 2 aromatic rings. The van der Waals surface area contributed by atoms with Crippen molar-refractivity contribution < 1.29 is 4.74 Å². The van der Waals surface area contributed by atoms with Crippen molar-refractivity contribution in [1.29, 1.82) is 0 Å². The number of anilines is 2. The van der Waals surface area contributed by atoms with E-state index in [1.54, 1.807) is 11.1 Å². The number of aliphatic imine (C=N–C) groups is 1. The molecule has 7 nitrogen and oxygen atoms in total. The molecule has 4 rings (SSSR count). The van der Waals surface area contributed by atoms with E-state index in [0.717, 1.165) is 11.3 Å². The van der Waals surface area contributed by atoms with Crippen molar-refractivity contribution in [2.75, 3.05) is 24.0 Å². The lowest BCUT2D eigenvalue weighted by Crippen LogP contribution is -2.61. The number of amidine groups is 1. The Balaban J connectivity index is 1.69. The zero-order valence-corrected chi connectivity index (χ0v) is 15.6. The molecule has 1 spiro atoms. The van der Waals surface area contributed by atoms with Crippen LogP contribution in [-0.2, 0) is 11.3 Å². The summed E-state index contributed by atoms with van der Waals surface area (Å²) in [5, 5.41) is 11.3. The summed E-state index contributed by atoms with van der Waals surface area (Å²) in [6, 6.07) is 13.1. The smallest absolute Gasteiger partial charge is 0.178 e. The van der Waals surface area contributed by atoms with Gasteiger partial charge in [0, 0.05) is 36.8 Å². The van der Waals surface area contributed by atoms with E-state index in [-0.39, 0.29) is 0 Å². The van der Waals surface area contributed by atoms with Crippen LogP contribution >= 0.6 is 11.6 Å².